The Kier molecular flexibility index (Phi) is 3.11. The first-order chi connectivity index (χ1) is 9.24. The second-order valence-electron chi connectivity index (χ2n) is 5.24. The van der Waals surface area contributed by atoms with Gasteiger partial charge in [-0.3, -0.25) is 9.89 Å². The van der Waals surface area contributed by atoms with Crippen molar-refractivity contribution >= 4 is 22.5 Å². The molecule has 0 atom stereocenters. The van der Waals surface area contributed by atoms with Crippen LogP contribution in [0.4, 0.5) is 5.69 Å². The zero-order valence-corrected chi connectivity index (χ0v) is 10.8. The number of nitrogens with zero attached hydrogens (tertiary/aromatic N) is 1. The van der Waals surface area contributed by atoms with Crippen molar-refractivity contribution in [2.24, 2.45) is 5.92 Å². The highest BCUT2D eigenvalue weighted by molar-refractivity contribution is 6.05. The minimum Gasteiger partial charge on any atom is -0.399 e. The Bertz CT molecular complexity index is 599. The molecule has 1 fully saturated rings. The molecule has 1 heterocycles. The average Bonchev–Trinajstić information content (AvgIpc) is 3.04. The van der Waals surface area contributed by atoms with Crippen molar-refractivity contribution in [1.82, 2.24) is 15.5 Å². The topological polar surface area (TPSA) is 83.8 Å². The van der Waals surface area contributed by atoms with Gasteiger partial charge in [0, 0.05) is 17.6 Å². The molecular weight excluding hydrogens is 240 g/mol. The molecule has 0 radical (unpaired) electrons. The van der Waals surface area contributed by atoms with Crippen molar-refractivity contribution in [2.75, 3.05) is 12.3 Å². The van der Waals surface area contributed by atoms with Crippen molar-refractivity contribution in [1.29, 1.82) is 0 Å². The van der Waals surface area contributed by atoms with Gasteiger partial charge in [0.15, 0.2) is 5.69 Å². The first-order valence-corrected chi connectivity index (χ1v) is 6.76. The van der Waals surface area contributed by atoms with Crippen LogP contribution in [0.15, 0.2) is 18.2 Å². The summed E-state index contributed by atoms with van der Waals surface area (Å²) in [5, 5.41) is 10.7. The molecule has 0 bridgehead atoms. The van der Waals surface area contributed by atoms with E-state index < -0.39 is 0 Å². The van der Waals surface area contributed by atoms with E-state index in [1.54, 1.807) is 12.1 Å². The molecule has 1 amide bonds. The predicted octanol–water partition coefficient (Wildman–Crippen LogP) is 2.07. The van der Waals surface area contributed by atoms with Gasteiger partial charge < -0.3 is 11.1 Å². The Morgan fingerprint density at radius 3 is 3.00 bits per heavy atom. The van der Waals surface area contributed by atoms with E-state index in [0.717, 1.165) is 17.4 Å². The summed E-state index contributed by atoms with van der Waals surface area (Å²) in [7, 11) is 0. The molecule has 1 aliphatic rings. The monoisotopic (exact) mass is 258 g/mol. The fraction of sp³-hybridized carbons (Fsp3) is 0.429. The van der Waals surface area contributed by atoms with Gasteiger partial charge in [-0.05, 0) is 37.0 Å². The van der Waals surface area contributed by atoms with Gasteiger partial charge in [0.05, 0.1) is 5.52 Å². The molecule has 0 spiro atoms. The third kappa shape index (κ3) is 2.41. The van der Waals surface area contributed by atoms with Crippen LogP contribution in [0.5, 0.6) is 0 Å². The lowest BCUT2D eigenvalue weighted by Gasteiger charge is -2.09. The summed E-state index contributed by atoms with van der Waals surface area (Å²) in [6.07, 6.45) is 4.99. The number of benzene rings is 1. The zero-order chi connectivity index (χ0) is 13.2. The number of anilines is 1. The lowest BCUT2D eigenvalue weighted by atomic mass is 10.1. The summed E-state index contributed by atoms with van der Waals surface area (Å²) in [4.78, 5) is 12.2. The number of hydrogen-bond donors (Lipinski definition) is 3. The van der Waals surface area contributed by atoms with Crippen LogP contribution in [0, 0.1) is 5.92 Å². The van der Waals surface area contributed by atoms with Crippen LogP contribution >= 0.6 is 0 Å². The Labute approximate surface area is 111 Å². The molecule has 1 aromatic carbocycles. The van der Waals surface area contributed by atoms with E-state index in [4.69, 9.17) is 5.73 Å². The van der Waals surface area contributed by atoms with Crippen molar-refractivity contribution < 1.29 is 4.79 Å². The number of nitrogen functional groups attached to an aromatic ring is 1. The molecule has 3 rings (SSSR count). The molecule has 2 aromatic rings. The standard InChI is InChI=1S/C14H18N4O/c15-10-5-6-12-11(7-10)13(18-17-12)14(19)16-8-9-3-1-2-4-9/h5-7,9H,1-4,8,15H2,(H,16,19)(H,17,18). The number of H-pyrrole nitrogens is 1. The van der Waals surface area contributed by atoms with Gasteiger partial charge in [-0.2, -0.15) is 5.10 Å². The first-order valence-electron chi connectivity index (χ1n) is 6.76. The van der Waals surface area contributed by atoms with E-state index in [9.17, 15) is 4.79 Å². The van der Waals surface area contributed by atoms with Gasteiger partial charge in [0.25, 0.3) is 5.91 Å². The van der Waals surface area contributed by atoms with Crippen molar-refractivity contribution in [3.8, 4) is 0 Å². The minimum absolute atomic E-state index is 0.122. The third-order valence-corrected chi connectivity index (χ3v) is 3.83. The average molecular weight is 258 g/mol. The van der Waals surface area contributed by atoms with Crippen LogP contribution in [0.1, 0.15) is 36.2 Å². The quantitative estimate of drug-likeness (QED) is 0.737. The van der Waals surface area contributed by atoms with Crippen LogP contribution in [0.3, 0.4) is 0 Å². The van der Waals surface area contributed by atoms with E-state index in [0.29, 0.717) is 17.3 Å². The summed E-state index contributed by atoms with van der Waals surface area (Å²) in [5.74, 6) is 0.503. The van der Waals surface area contributed by atoms with Crippen LogP contribution in [-0.2, 0) is 0 Å². The van der Waals surface area contributed by atoms with E-state index >= 15 is 0 Å². The normalized spacial score (nSPS) is 16.0. The molecule has 100 valence electrons. The van der Waals surface area contributed by atoms with Gasteiger partial charge in [-0.25, -0.2) is 0 Å². The molecule has 4 N–H and O–H groups in total. The summed E-state index contributed by atoms with van der Waals surface area (Å²) < 4.78 is 0. The Hall–Kier alpha value is -2.04. The predicted molar refractivity (Wildman–Crippen MR) is 74.8 cm³/mol. The Morgan fingerprint density at radius 2 is 2.21 bits per heavy atom. The van der Waals surface area contributed by atoms with Crippen molar-refractivity contribution in [2.45, 2.75) is 25.7 Å². The van der Waals surface area contributed by atoms with Gasteiger partial charge >= 0.3 is 0 Å². The highest BCUT2D eigenvalue weighted by Crippen LogP contribution is 2.24. The largest absolute Gasteiger partial charge is 0.399 e. The maximum Gasteiger partial charge on any atom is 0.272 e. The van der Waals surface area contributed by atoms with E-state index in [1.165, 1.54) is 25.7 Å². The number of fused-ring (bicyclic) bond motifs is 1. The lowest BCUT2D eigenvalue weighted by molar-refractivity contribution is 0.0944. The summed E-state index contributed by atoms with van der Waals surface area (Å²) in [6, 6.07) is 5.41. The van der Waals surface area contributed by atoms with Gasteiger partial charge in [0.1, 0.15) is 0 Å². The second kappa shape index (κ2) is 4.91. The Morgan fingerprint density at radius 1 is 1.42 bits per heavy atom. The summed E-state index contributed by atoms with van der Waals surface area (Å²) in [5.41, 5.74) is 7.65. The number of aromatic amines is 1. The number of carbonyl (C=O) groups is 1. The number of aromatic nitrogens is 2. The number of hydrogen-bond acceptors (Lipinski definition) is 3. The number of nitrogens with two attached hydrogens (primary N) is 1. The minimum atomic E-state index is -0.122. The Balaban J connectivity index is 1.75. The molecule has 19 heavy (non-hydrogen) atoms. The maximum atomic E-state index is 12.2. The molecule has 1 aliphatic carbocycles. The highest BCUT2D eigenvalue weighted by Gasteiger charge is 2.18. The fourth-order valence-electron chi connectivity index (χ4n) is 2.74. The first kappa shape index (κ1) is 12.0. The smallest absolute Gasteiger partial charge is 0.272 e. The SMILES string of the molecule is Nc1ccc2[nH]nc(C(=O)NCC3CCCC3)c2c1. The van der Waals surface area contributed by atoms with Gasteiger partial charge in [-0.15, -0.1) is 0 Å². The van der Waals surface area contributed by atoms with E-state index in [-0.39, 0.29) is 5.91 Å². The molecule has 0 saturated heterocycles. The van der Waals surface area contributed by atoms with E-state index in [2.05, 4.69) is 15.5 Å². The molecule has 1 aromatic heterocycles. The molecule has 5 heteroatoms. The lowest BCUT2D eigenvalue weighted by Crippen LogP contribution is -2.28. The van der Waals surface area contributed by atoms with Crippen LogP contribution in [0.25, 0.3) is 10.9 Å². The van der Waals surface area contributed by atoms with Crippen LogP contribution in [0.2, 0.25) is 0 Å². The number of rotatable bonds is 3. The molecule has 1 saturated carbocycles. The van der Waals surface area contributed by atoms with E-state index in [1.807, 2.05) is 6.07 Å². The maximum absolute atomic E-state index is 12.2. The molecular formula is C14H18N4O. The van der Waals surface area contributed by atoms with Gasteiger partial charge in [0.2, 0.25) is 0 Å². The number of nitrogens with one attached hydrogen (secondary N) is 2. The number of carbonyl (C=O) groups excluding carboxylic acids is 1. The molecule has 0 unspecified atom stereocenters. The second-order valence-corrected chi connectivity index (χ2v) is 5.24. The van der Waals surface area contributed by atoms with Gasteiger partial charge in [-0.1, -0.05) is 12.8 Å². The zero-order valence-electron chi connectivity index (χ0n) is 10.8. The highest BCUT2D eigenvalue weighted by atomic mass is 16.1. The van der Waals surface area contributed by atoms with Crippen molar-refractivity contribution in [3.63, 3.8) is 0 Å². The summed E-state index contributed by atoms with van der Waals surface area (Å²) >= 11 is 0. The summed E-state index contributed by atoms with van der Waals surface area (Å²) in [6.45, 7) is 0.746. The molecule has 5 nitrogen and oxygen atoms in total. The third-order valence-electron chi connectivity index (χ3n) is 3.83. The number of amides is 1. The van der Waals surface area contributed by atoms with Crippen molar-refractivity contribution in [3.05, 3.63) is 23.9 Å². The molecule has 0 aliphatic heterocycles. The van der Waals surface area contributed by atoms with Crippen LogP contribution < -0.4 is 11.1 Å². The fourth-order valence-corrected chi connectivity index (χ4v) is 2.74. The van der Waals surface area contributed by atoms with Crippen LogP contribution in [-0.4, -0.2) is 22.6 Å².